The molecule has 0 aliphatic carbocycles. The van der Waals surface area contributed by atoms with Crippen LogP contribution < -0.4 is 0 Å². The van der Waals surface area contributed by atoms with E-state index in [1.807, 2.05) is 22.1 Å². The number of carbonyl (C=O) groups excluding carboxylic acids is 1. The minimum absolute atomic E-state index is 0.148. The number of hydrogen-bond acceptors (Lipinski definition) is 3. The van der Waals surface area contributed by atoms with E-state index in [9.17, 15) is 4.79 Å². The van der Waals surface area contributed by atoms with Gasteiger partial charge in [-0.3, -0.25) is 4.98 Å². The van der Waals surface area contributed by atoms with E-state index in [2.05, 4.69) is 11.1 Å². The molecule has 1 aromatic heterocycles. The molecule has 0 bridgehead atoms. The van der Waals surface area contributed by atoms with Gasteiger partial charge >= 0.3 is 6.03 Å². The van der Waals surface area contributed by atoms with E-state index in [4.69, 9.17) is 4.74 Å². The monoisotopic (exact) mass is 261 g/mol. The second-order valence-corrected chi connectivity index (χ2v) is 5.02. The number of likely N-dealkylation sites (tertiary alicyclic amines) is 1. The topological polar surface area (TPSA) is 45.7 Å². The average Bonchev–Trinajstić information content (AvgIpc) is 2.98. The number of amides is 2. The third-order valence-electron chi connectivity index (χ3n) is 3.85. The van der Waals surface area contributed by atoms with Crippen molar-refractivity contribution in [2.24, 2.45) is 0 Å². The van der Waals surface area contributed by atoms with Crippen LogP contribution in [-0.4, -0.2) is 53.7 Å². The van der Waals surface area contributed by atoms with Gasteiger partial charge in [0, 0.05) is 32.0 Å². The number of rotatable bonds is 1. The van der Waals surface area contributed by atoms with Crippen LogP contribution in [0.15, 0.2) is 24.5 Å². The normalized spacial score (nSPS) is 23.7. The Labute approximate surface area is 113 Å². The molecule has 5 heteroatoms. The van der Waals surface area contributed by atoms with Crippen molar-refractivity contribution in [2.45, 2.75) is 18.9 Å². The number of hydrogen-bond donors (Lipinski definition) is 0. The molecular weight excluding hydrogens is 242 g/mol. The number of aromatic nitrogens is 1. The first-order valence-electron chi connectivity index (χ1n) is 6.89. The third kappa shape index (κ3) is 2.56. The molecule has 1 unspecified atom stereocenters. The number of carbonyl (C=O) groups is 1. The van der Waals surface area contributed by atoms with Crippen LogP contribution in [0, 0.1) is 0 Å². The highest BCUT2D eigenvalue weighted by Crippen LogP contribution is 2.32. The van der Waals surface area contributed by atoms with Crippen LogP contribution in [0.25, 0.3) is 0 Å². The van der Waals surface area contributed by atoms with Gasteiger partial charge in [0.15, 0.2) is 0 Å². The van der Waals surface area contributed by atoms with Gasteiger partial charge in [-0.15, -0.1) is 0 Å². The number of morpholine rings is 1. The van der Waals surface area contributed by atoms with Crippen LogP contribution in [0.4, 0.5) is 4.79 Å². The standard InChI is InChI=1S/C14H19N3O2/c18-14(16-7-9-19-10-8-16)17-6-2-4-13(17)12-3-1-5-15-11-12/h1,3,5,11,13H,2,4,6-10H2. The van der Waals surface area contributed by atoms with E-state index in [0.717, 1.165) is 24.9 Å². The number of nitrogens with zero attached hydrogens (tertiary/aromatic N) is 3. The second-order valence-electron chi connectivity index (χ2n) is 5.02. The van der Waals surface area contributed by atoms with Crippen molar-refractivity contribution in [3.05, 3.63) is 30.1 Å². The summed E-state index contributed by atoms with van der Waals surface area (Å²) in [6, 6.07) is 4.33. The van der Waals surface area contributed by atoms with E-state index < -0.39 is 0 Å². The number of pyridine rings is 1. The highest BCUT2D eigenvalue weighted by atomic mass is 16.5. The quantitative estimate of drug-likeness (QED) is 0.772. The zero-order valence-electron chi connectivity index (χ0n) is 11.0. The van der Waals surface area contributed by atoms with Crippen molar-refractivity contribution in [3.63, 3.8) is 0 Å². The van der Waals surface area contributed by atoms with Crippen molar-refractivity contribution in [1.82, 2.24) is 14.8 Å². The fourth-order valence-electron chi connectivity index (χ4n) is 2.85. The number of urea groups is 1. The third-order valence-corrected chi connectivity index (χ3v) is 3.85. The smallest absolute Gasteiger partial charge is 0.320 e. The molecule has 0 N–H and O–H groups in total. The summed E-state index contributed by atoms with van der Waals surface area (Å²) < 4.78 is 5.30. The largest absolute Gasteiger partial charge is 0.378 e. The Morgan fingerprint density at radius 1 is 1.32 bits per heavy atom. The molecule has 0 aromatic carbocycles. The maximum absolute atomic E-state index is 12.6. The first-order chi connectivity index (χ1) is 9.36. The Hall–Kier alpha value is -1.62. The lowest BCUT2D eigenvalue weighted by molar-refractivity contribution is 0.0421. The van der Waals surface area contributed by atoms with Crippen molar-refractivity contribution < 1.29 is 9.53 Å². The maximum atomic E-state index is 12.6. The molecular formula is C14H19N3O2. The van der Waals surface area contributed by atoms with Crippen molar-refractivity contribution in [3.8, 4) is 0 Å². The Bertz CT molecular complexity index is 432. The maximum Gasteiger partial charge on any atom is 0.320 e. The summed E-state index contributed by atoms with van der Waals surface area (Å²) >= 11 is 0. The van der Waals surface area contributed by atoms with E-state index in [1.54, 1.807) is 6.20 Å². The fraction of sp³-hybridized carbons (Fsp3) is 0.571. The van der Waals surface area contributed by atoms with Gasteiger partial charge in [0.05, 0.1) is 19.3 Å². The lowest BCUT2D eigenvalue weighted by Gasteiger charge is -2.33. The lowest BCUT2D eigenvalue weighted by Crippen LogP contribution is -2.47. The fourth-order valence-corrected chi connectivity index (χ4v) is 2.85. The molecule has 2 aliphatic heterocycles. The predicted octanol–water partition coefficient (Wildman–Crippen LogP) is 1.67. The Balaban J connectivity index is 1.74. The first kappa shape index (κ1) is 12.4. The molecule has 19 heavy (non-hydrogen) atoms. The molecule has 2 aliphatic rings. The van der Waals surface area contributed by atoms with E-state index in [-0.39, 0.29) is 12.1 Å². The van der Waals surface area contributed by atoms with Crippen molar-refractivity contribution >= 4 is 6.03 Å². The molecule has 1 atom stereocenters. The van der Waals surface area contributed by atoms with Crippen LogP contribution in [-0.2, 0) is 4.74 Å². The Morgan fingerprint density at radius 3 is 2.89 bits per heavy atom. The van der Waals surface area contributed by atoms with Gasteiger partial charge in [0.25, 0.3) is 0 Å². The van der Waals surface area contributed by atoms with E-state index in [1.165, 1.54) is 0 Å². The SMILES string of the molecule is O=C(N1CCOCC1)N1CCCC1c1cccnc1. The summed E-state index contributed by atoms with van der Waals surface area (Å²) in [6.45, 7) is 3.55. The van der Waals surface area contributed by atoms with Crippen LogP contribution >= 0.6 is 0 Å². The second kappa shape index (κ2) is 5.57. The van der Waals surface area contributed by atoms with E-state index >= 15 is 0 Å². The van der Waals surface area contributed by atoms with Gasteiger partial charge in [0.1, 0.15) is 0 Å². The van der Waals surface area contributed by atoms with Gasteiger partial charge in [-0.1, -0.05) is 6.07 Å². The highest BCUT2D eigenvalue weighted by molar-refractivity contribution is 5.75. The minimum Gasteiger partial charge on any atom is -0.378 e. The molecule has 0 spiro atoms. The molecule has 0 saturated carbocycles. The van der Waals surface area contributed by atoms with Crippen LogP contribution in [0.2, 0.25) is 0 Å². The highest BCUT2D eigenvalue weighted by Gasteiger charge is 2.33. The molecule has 1 aromatic rings. The zero-order chi connectivity index (χ0) is 13.1. The van der Waals surface area contributed by atoms with Gasteiger partial charge in [-0.2, -0.15) is 0 Å². The zero-order valence-corrected chi connectivity index (χ0v) is 11.0. The Morgan fingerprint density at radius 2 is 2.16 bits per heavy atom. The Kier molecular flexibility index (Phi) is 3.64. The van der Waals surface area contributed by atoms with Gasteiger partial charge in [-0.05, 0) is 24.5 Å². The molecule has 2 saturated heterocycles. The summed E-state index contributed by atoms with van der Waals surface area (Å²) in [4.78, 5) is 20.6. The first-order valence-corrected chi connectivity index (χ1v) is 6.89. The molecule has 2 fully saturated rings. The van der Waals surface area contributed by atoms with Crippen molar-refractivity contribution in [1.29, 1.82) is 0 Å². The summed E-state index contributed by atoms with van der Waals surface area (Å²) in [6.07, 6.45) is 5.74. The lowest BCUT2D eigenvalue weighted by atomic mass is 10.1. The van der Waals surface area contributed by atoms with Crippen LogP contribution in [0.5, 0.6) is 0 Å². The summed E-state index contributed by atoms with van der Waals surface area (Å²) in [5.41, 5.74) is 1.14. The molecule has 5 nitrogen and oxygen atoms in total. The molecule has 3 heterocycles. The van der Waals surface area contributed by atoms with Crippen molar-refractivity contribution in [2.75, 3.05) is 32.8 Å². The minimum atomic E-state index is 0.148. The molecule has 0 radical (unpaired) electrons. The van der Waals surface area contributed by atoms with Crippen LogP contribution in [0.3, 0.4) is 0 Å². The average molecular weight is 261 g/mol. The summed E-state index contributed by atoms with van der Waals surface area (Å²) in [5.74, 6) is 0. The van der Waals surface area contributed by atoms with Gasteiger partial charge in [-0.25, -0.2) is 4.79 Å². The van der Waals surface area contributed by atoms with Gasteiger partial charge < -0.3 is 14.5 Å². The van der Waals surface area contributed by atoms with Crippen LogP contribution in [0.1, 0.15) is 24.4 Å². The van der Waals surface area contributed by atoms with Gasteiger partial charge in [0.2, 0.25) is 0 Å². The number of ether oxygens (including phenoxy) is 1. The molecule has 2 amide bonds. The molecule has 3 rings (SSSR count). The predicted molar refractivity (Wildman–Crippen MR) is 70.7 cm³/mol. The molecule has 102 valence electrons. The summed E-state index contributed by atoms with van der Waals surface area (Å²) in [5, 5.41) is 0. The summed E-state index contributed by atoms with van der Waals surface area (Å²) in [7, 11) is 0. The van der Waals surface area contributed by atoms with E-state index in [0.29, 0.717) is 26.3 Å².